The van der Waals surface area contributed by atoms with Gasteiger partial charge in [0.15, 0.2) is 5.13 Å². The maximum Gasteiger partial charge on any atom is 0.339 e. The third kappa shape index (κ3) is 2.81. The van der Waals surface area contributed by atoms with E-state index in [1.165, 1.54) is 23.5 Å². The van der Waals surface area contributed by atoms with Crippen LogP contribution in [0.5, 0.6) is 5.75 Å². The minimum Gasteiger partial charge on any atom is -0.507 e. The number of carboxylic acids is 1. The first-order valence-electron chi connectivity index (χ1n) is 6.03. The Balaban J connectivity index is 1.95. The second kappa shape index (κ2) is 5.64. The fraction of sp³-hybridized carbons (Fsp3) is 0. The fourth-order valence-corrected chi connectivity index (χ4v) is 3.53. The van der Waals surface area contributed by atoms with Crippen LogP contribution in [-0.4, -0.2) is 21.2 Å². The minimum absolute atomic E-state index is 0.162. The predicted molar refractivity (Wildman–Crippen MR) is 88.0 cm³/mol. The van der Waals surface area contributed by atoms with Gasteiger partial charge in [0, 0.05) is 16.8 Å². The van der Waals surface area contributed by atoms with Crippen molar-refractivity contribution in [3.05, 3.63) is 45.9 Å². The number of thiazole rings is 1. The lowest BCUT2D eigenvalue weighted by molar-refractivity contribution is 0.0694. The maximum atomic E-state index is 10.9. The normalized spacial score (nSPS) is 10.8. The predicted octanol–water partition coefficient (Wildman–Crippen LogP) is 4.75. The van der Waals surface area contributed by atoms with Crippen LogP contribution in [0.2, 0.25) is 10.0 Å². The van der Waals surface area contributed by atoms with Crippen molar-refractivity contribution in [3.8, 4) is 5.75 Å². The highest BCUT2D eigenvalue weighted by Gasteiger charge is 2.12. The highest BCUT2D eigenvalue weighted by Crippen LogP contribution is 2.35. The number of fused-ring (bicyclic) bond motifs is 1. The Morgan fingerprint density at radius 1 is 1.23 bits per heavy atom. The number of carboxylic acid groups (broad SMARTS) is 1. The SMILES string of the molecule is O=C(O)c1ccc(Nc2nc3c(Cl)cc(Cl)cc3s2)cc1O. The summed E-state index contributed by atoms with van der Waals surface area (Å²) in [4.78, 5) is 15.2. The molecule has 0 radical (unpaired) electrons. The minimum atomic E-state index is -1.19. The van der Waals surface area contributed by atoms with Crippen LogP contribution in [0.4, 0.5) is 10.8 Å². The molecule has 0 aliphatic heterocycles. The molecule has 0 aliphatic carbocycles. The lowest BCUT2D eigenvalue weighted by Gasteiger charge is -2.04. The van der Waals surface area contributed by atoms with Crippen molar-refractivity contribution in [2.75, 3.05) is 5.32 Å². The van der Waals surface area contributed by atoms with Gasteiger partial charge in [0.2, 0.25) is 0 Å². The molecule has 1 heterocycles. The van der Waals surface area contributed by atoms with Gasteiger partial charge >= 0.3 is 5.97 Å². The van der Waals surface area contributed by atoms with Crippen LogP contribution >= 0.6 is 34.5 Å². The van der Waals surface area contributed by atoms with Crippen molar-refractivity contribution in [1.29, 1.82) is 0 Å². The zero-order chi connectivity index (χ0) is 15.9. The molecule has 0 fully saturated rings. The van der Waals surface area contributed by atoms with E-state index in [-0.39, 0.29) is 11.3 Å². The van der Waals surface area contributed by atoms with E-state index in [2.05, 4.69) is 10.3 Å². The Labute approximate surface area is 138 Å². The number of phenols is 1. The summed E-state index contributed by atoms with van der Waals surface area (Å²) in [6.45, 7) is 0. The van der Waals surface area contributed by atoms with Gasteiger partial charge in [-0.25, -0.2) is 9.78 Å². The van der Waals surface area contributed by atoms with Crippen LogP contribution < -0.4 is 5.32 Å². The summed E-state index contributed by atoms with van der Waals surface area (Å²) in [5.74, 6) is -1.51. The molecule has 8 heteroatoms. The maximum absolute atomic E-state index is 10.9. The van der Waals surface area contributed by atoms with E-state index >= 15 is 0 Å². The molecule has 3 rings (SSSR count). The van der Waals surface area contributed by atoms with E-state index in [0.29, 0.717) is 26.4 Å². The number of rotatable bonds is 3. The molecule has 22 heavy (non-hydrogen) atoms. The van der Waals surface area contributed by atoms with Crippen molar-refractivity contribution < 1.29 is 15.0 Å². The number of benzene rings is 2. The third-order valence-corrected chi connectivity index (χ3v) is 4.32. The number of aromatic nitrogens is 1. The van der Waals surface area contributed by atoms with E-state index in [4.69, 9.17) is 28.3 Å². The first kappa shape index (κ1) is 14.9. The molecule has 0 bridgehead atoms. The average Bonchev–Trinajstić information content (AvgIpc) is 2.81. The van der Waals surface area contributed by atoms with Gasteiger partial charge in [-0.1, -0.05) is 34.5 Å². The summed E-state index contributed by atoms with van der Waals surface area (Å²) in [6, 6.07) is 7.56. The number of anilines is 2. The molecule has 0 saturated heterocycles. The zero-order valence-corrected chi connectivity index (χ0v) is 13.1. The smallest absolute Gasteiger partial charge is 0.339 e. The first-order valence-corrected chi connectivity index (χ1v) is 7.60. The van der Waals surface area contributed by atoms with Crippen LogP contribution in [0, 0.1) is 0 Å². The molecule has 0 saturated carbocycles. The number of carbonyl (C=O) groups is 1. The van der Waals surface area contributed by atoms with Crippen LogP contribution in [-0.2, 0) is 0 Å². The molecule has 2 aromatic carbocycles. The van der Waals surface area contributed by atoms with Crippen molar-refractivity contribution in [2.24, 2.45) is 0 Å². The van der Waals surface area contributed by atoms with Crippen LogP contribution in [0.1, 0.15) is 10.4 Å². The monoisotopic (exact) mass is 354 g/mol. The molecule has 0 aliphatic rings. The van der Waals surface area contributed by atoms with Gasteiger partial charge in [-0.2, -0.15) is 0 Å². The number of aromatic hydroxyl groups is 1. The summed E-state index contributed by atoms with van der Waals surface area (Å²) < 4.78 is 0.825. The lowest BCUT2D eigenvalue weighted by atomic mass is 10.2. The summed E-state index contributed by atoms with van der Waals surface area (Å²) >= 11 is 13.4. The number of halogens is 2. The van der Waals surface area contributed by atoms with Gasteiger partial charge in [0.25, 0.3) is 0 Å². The fourth-order valence-electron chi connectivity index (χ4n) is 1.92. The topological polar surface area (TPSA) is 82.5 Å². The second-order valence-corrected chi connectivity index (χ2v) is 6.29. The molecule has 1 aromatic heterocycles. The molecule has 5 nitrogen and oxygen atoms in total. The van der Waals surface area contributed by atoms with Crippen molar-refractivity contribution in [3.63, 3.8) is 0 Å². The van der Waals surface area contributed by atoms with Crippen molar-refractivity contribution >= 4 is 61.5 Å². The van der Waals surface area contributed by atoms with Gasteiger partial charge in [0.1, 0.15) is 16.8 Å². The average molecular weight is 355 g/mol. The van der Waals surface area contributed by atoms with Crippen LogP contribution in [0.3, 0.4) is 0 Å². The summed E-state index contributed by atoms with van der Waals surface area (Å²) in [7, 11) is 0. The van der Waals surface area contributed by atoms with Gasteiger partial charge < -0.3 is 15.5 Å². The number of hydrogen-bond acceptors (Lipinski definition) is 5. The third-order valence-electron chi connectivity index (χ3n) is 2.89. The molecule has 0 amide bonds. The summed E-state index contributed by atoms with van der Waals surface area (Å²) in [5.41, 5.74) is 0.985. The van der Waals surface area contributed by atoms with Gasteiger partial charge in [0.05, 0.1) is 9.72 Å². The number of nitrogens with zero attached hydrogens (tertiary/aromatic N) is 1. The molecular weight excluding hydrogens is 347 g/mol. The molecular formula is C14H8Cl2N2O3S. The first-order chi connectivity index (χ1) is 10.4. The molecule has 3 N–H and O–H groups in total. The molecule has 0 unspecified atom stereocenters. The highest BCUT2D eigenvalue weighted by atomic mass is 35.5. The Morgan fingerprint density at radius 2 is 2.00 bits per heavy atom. The Kier molecular flexibility index (Phi) is 3.82. The van der Waals surface area contributed by atoms with Crippen molar-refractivity contribution in [2.45, 2.75) is 0 Å². The standard InChI is InChI=1S/C14H8Cl2N2O3S/c15-6-3-9(16)12-11(4-6)22-14(18-12)17-7-1-2-8(13(20)21)10(19)5-7/h1-5,19H,(H,17,18)(H,20,21). The number of nitrogens with one attached hydrogen (secondary N) is 1. The zero-order valence-electron chi connectivity index (χ0n) is 10.8. The van der Waals surface area contributed by atoms with Gasteiger partial charge in [-0.15, -0.1) is 0 Å². The summed E-state index contributed by atoms with van der Waals surface area (Å²) in [6.07, 6.45) is 0. The second-order valence-electron chi connectivity index (χ2n) is 4.42. The lowest BCUT2D eigenvalue weighted by Crippen LogP contribution is -1.97. The van der Waals surface area contributed by atoms with Gasteiger partial charge in [-0.3, -0.25) is 0 Å². The molecule has 112 valence electrons. The molecule has 3 aromatic rings. The van der Waals surface area contributed by atoms with E-state index in [0.717, 1.165) is 4.70 Å². The summed E-state index contributed by atoms with van der Waals surface area (Å²) in [5, 5.41) is 23.1. The van der Waals surface area contributed by atoms with Crippen molar-refractivity contribution in [1.82, 2.24) is 4.98 Å². The number of aromatic carboxylic acids is 1. The Morgan fingerprint density at radius 3 is 2.68 bits per heavy atom. The Bertz CT molecular complexity index is 895. The Hall–Kier alpha value is -2.02. The van der Waals surface area contributed by atoms with E-state index < -0.39 is 5.97 Å². The van der Waals surface area contributed by atoms with E-state index in [9.17, 15) is 9.90 Å². The van der Waals surface area contributed by atoms with Crippen LogP contribution in [0.25, 0.3) is 10.2 Å². The highest BCUT2D eigenvalue weighted by molar-refractivity contribution is 7.22. The quantitative estimate of drug-likeness (QED) is 0.632. The van der Waals surface area contributed by atoms with E-state index in [1.807, 2.05) is 0 Å². The largest absolute Gasteiger partial charge is 0.507 e. The van der Waals surface area contributed by atoms with Crippen LogP contribution in [0.15, 0.2) is 30.3 Å². The molecule has 0 spiro atoms. The van der Waals surface area contributed by atoms with E-state index in [1.54, 1.807) is 18.2 Å². The van der Waals surface area contributed by atoms with Gasteiger partial charge in [-0.05, 0) is 24.3 Å². The molecule has 0 atom stereocenters. The number of hydrogen-bond donors (Lipinski definition) is 3.